The highest BCUT2D eigenvalue weighted by molar-refractivity contribution is 6.39. The standard InChI is InChI=1S/C29H27N3O6/c1-4-37-22-13-11-21(12-14-22)32-28(35)23(27(34)31-29(32)36)16-20-7-5-6-8-25(20)38-17-26(33)30-24-15-18(2)9-10-19(24)3/h5-16H,4,17H2,1-3H3,(H,30,33)(H,31,34,36)/b23-16+. The Hall–Kier alpha value is -4.92. The molecule has 0 spiro atoms. The van der Waals surface area contributed by atoms with E-state index in [9.17, 15) is 19.2 Å². The van der Waals surface area contributed by atoms with Crippen LogP contribution < -0.4 is 25.0 Å². The minimum absolute atomic E-state index is 0.255. The Kier molecular flexibility index (Phi) is 7.86. The maximum Gasteiger partial charge on any atom is 0.335 e. The van der Waals surface area contributed by atoms with Gasteiger partial charge in [0.05, 0.1) is 12.3 Å². The zero-order chi connectivity index (χ0) is 27.2. The number of hydrogen-bond donors (Lipinski definition) is 2. The largest absolute Gasteiger partial charge is 0.494 e. The van der Waals surface area contributed by atoms with Gasteiger partial charge in [-0.2, -0.15) is 0 Å². The number of amides is 5. The molecule has 1 aliphatic heterocycles. The first-order valence-corrected chi connectivity index (χ1v) is 12.0. The van der Waals surface area contributed by atoms with E-state index >= 15 is 0 Å². The molecule has 4 rings (SSSR count). The van der Waals surface area contributed by atoms with Crippen LogP contribution in [0.5, 0.6) is 11.5 Å². The van der Waals surface area contributed by atoms with Crippen LogP contribution in [0.1, 0.15) is 23.6 Å². The van der Waals surface area contributed by atoms with E-state index in [-0.39, 0.29) is 23.8 Å². The molecule has 0 radical (unpaired) electrons. The molecule has 0 aliphatic carbocycles. The first-order chi connectivity index (χ1) is 18.3. The van der Waals surface area contributed by atoms with Crippen molar-refractivity contribution in [2.24, 2.45) is 0 Å². The average Bonchev–Trinajstić information content (AvgIpc) is 2.89. The normalized spacial score (nSPS) is 14.3. The van der Waals surface area contributed by atoms with E-state index in [0.717, 1.165) is 16.0 Å². The van der Waals surface area contributed by atoms with Gasteiger partial charge in [0.15, 0.2) is 6.61 Å². The van der Waals surface area contributed by atoms with Gasteiger partial charge < -0.3 is 14.8 Å². The smallest absolute Gasteiger partial charge is 0.335 e. The van der Waals surface area contributed by atoms with E-state index < -0.39 is 17.8 Å². The number of urea groups is 1. The highest BCUT2D eigenvalue weighted by Gasteiger charge is 2.37. The van der Waals surface area contributed by atoms with Crippen molar-refractivity contribution in [2.75, 3.05) is 23.4 Å². The Balaban J connectivity index is 1.53. The first kappa shape index (κ1) is 26.2. The number of ether oxygens (including phenoxy) is 2. The quantitative estimate of drug-likeness (QED) is 0.341. The summed E-state index contributed by atoms with van der Waals surface area (Å²) in [6, 6.07) is 17.9. The van der Waals surface area contributed by atoms with Crippen LogP contribution in [-0.2, 0) is 14.4 Å². The molecule has 38 heavy (non-hydrogen) atoms. The van der Waals surface area contributed by atoms with Crippen LogP contribution in [0.15, 0.2) is 72.3 Å². The molecule has 0 saturated carbocycles. The number of benzene rings is 3. The molecule has 1 aliphatic rings. The van der Waals surface area contributed by atoms with E-state index in [2.05, 4.69) is 10.6 Å². The van der Waals surface area contributed by atoms with Crippen LogP contribution in [0.25, 0.3) is 6.08 Å². The van der Waals surface area contributed by atoms with Gasteiger partial charge in [-0.1, -0.05) is 30.3 Å². The Morgan fingerprint density at radius 3 is 2.45 bits per heavy atom. The summed E-state index contributed by atoms with van der Waals surface area (Å²) in [5, 5.41) is 5.02. The summed E-state index contributed by atoms with van der Waals surface area (Å²) in [6.45, 7) is 5.86. The van der Waals surface area contributed by atoms with E-state index in [1.54, 1.807) is 48.5 Å². The molecule has 5 amide bonds. The van der Waals surface area contributed by atoms with Gasteiger partial charge in [-0.05, 0) is 74.4 Å². The summed E-state index contributed by atoms with van der Waals surface area (Å²) in [5.74, 6) is -1.10. The summed E-state index contributed by atoms with van der Waals surface area (Å²) in [6.07, 6.45) is 1.34. The summed E-state index contributed by atoms with van der Waals surface area (Å²) in [5.41, 5.74) is 3.04. The number of aryl methyl sites for hydroxylation is 2. The van der Waals surface area contributed by atoms with Crippen LogP contribution in [0, 0.1) is 13.8 Å². The molecule has 0 aromatic heterocycles. The second kappa shape index (κ2) is 11.4. The van der Waals surface area contributed by atoms with Gasteiger partial charge in [0.25, 0.3) is 17.7 Å². The number of anilines is 2. The predicted octanol–water partition coefficient (Wildman–Crippen LogP) is 4.39. The molecule has 194 valence electrons. The molecule has 1 fully saturated rings. The monoisotopic (exact) mass is 513 g/mol. The van der Waals surface area contributed by atoms with Gasteiger partial charge in [-0.3, -0.25) is 19.7 Å². The van der Waals surface area contributed by atoms with E-state index in [1.165, 1.54) is 6.08 Å². The Bertz CT molecular complexity index is 1430. The van der Waals surface area contributed by atoms with E-state index in [0.29, 0.717) is 29.4 Å². The van der Waals surface area contributed by atoms with Crippen LogP contribution in [0.4, 0.5) is 16.2 Å². The van der Waals surface area contributed by atoms with Crippen LogP contribution in [-0.4, -0.2) is 37.0 Å². The fourth-order valence-electron chi connectivity index (χ4n) is 3.84. The molecule has 9 heteroatoms. The van der Waals surface area contributed by atoms with Crippen LogP contribution >= 0.6 is 0 Å². The lowest BCUT2D eigenvalue weighted by Crippen LogP contribution is -2.54. The van der Waals surface area contributed by atoms with E-state index in [4.69, 9.17) is 9.47 Å². The number of hydrogen-bond acceptors (Lipinski definition) is 6. The molecule has 1 saturated heterocycles. The second-order valence-electron chi connectivity index (χ2n) is 8.58. The van der Waals surface area contributed by atoms with Crippen molar-refractivity contribution in [1.82, 2.24) is 5.32 Å². The molecular formula is C29H27N3O6. The number of carbonyl (C=O) groups excluding carboxylic acids is 4. The molecular weight excluding hydrogens is 486 g/mol. The van der Waals surface area contributed by atoms with Gasteiger partial charge in [0.2, 0.25) is 0 Å². The fourth-order valence-corrected chi connectivity index (χ4v) is 3.84. The van der Waals surface area contributed by atoms with Crippen molar-refractivity contribution >= 4 is 41.2 Å². The average molecular weight is 514 g/mol. The summed E-state index contributed by atoms with van der Waals surface area (Å²) < 4.78 is 11.1. The third kappa shape index (κ3) is 5.89. The predicted molar refractivity (Wildman–Crippen MR) is 143 cm³/mol. The maximum atomic E-state index is 13.2. The minimum atomic E-state index is -0.853. The molecule has 0 bridgehead atoms. The Morgan fingerprint density at radius 2 is 1.71 bits per heavy atom. The van der Waals surface area contributed by atoms with Crippen LogP contribution in [0.3, 0.4) is 0 Å². The number of barbiturate groups is 1. The number of para-hydroxylation sites is 1. The summed E-state index contributed by atoms with van der Waals surface area (Å²) in [7, 11) is 0. The molecule has 9 nitrogen and oxygen atoms in total. The van der Waals surface area contributed by atoms with Crippen molar-refractivity contribution in [2.45, 2.75) is 20.8 Å². The Morgan fingerprint density at radius 1 is 0.974 bits per heavy atom. The molecule has 3 aromatic rings. The van der Waals surface area contributed by atoms with Gasteiger partial charge in [-0.25, -0.2) is 9.69 Å². The number of imide groups is 2. The van der Waals surface area contributed by atoms with E-state index in [1.807, 2.05) is 39.0 Å². The van der Waals surface area contributed by atoms with Gasteiger partial charge in [0, 0.05) is 11.3 Å². The lowest BCUT2D eigenvalue weighted by molar-refractivity contribution is -0.122. The van der Waals surface area contributed by atoms with Gasteiger partial charge in [0.1, 0.15) is 17.1 Å². The van der Waals surface area contributed by atoms with Crippen LogP contribution in [0.2, 0.25) is 0 Å². The summed E-state index contributed by atoms with van der Waals surface area (Å²) >= 11 is 0. The second-order valence-corrected chi connectivity index (χ2v) is 8.58. The fraction of sp³-hybridized carbons (Fsp3) is 0.172. The number of rotatable bonds is 8. The lowest BCUT2D eigenvalue weighted by atomic mass is 10.1. The minimum Gasteiger partial charge on any atom is -0.494 e. The first-order valence-electron chi connectivity index (χ1n) is 12.0. The van der Waals surface area contributed by atoms with Gasteiger partial charge >= 0.3 is 6.03 Å². The lowest BCUT2D eigenvalue weighted by Gasteiger charge is -2.26. The number of carbonyl (C=O) groups is 4. The van der Waals surface area contributed by atoms with Crippen molar-refractivity contribution in [3.05, 3.63) is 89.0 Å². The highest BCUT2D eigenvalue weighted by Crippen LogP contribution is 2.27. The third-order valence-corrected chi connectivity index (χ3v) is 5.75. The molecule has 0 atom stereocenters. The molecule has 3 aromatic carbocycles. The highest BCUT2D eigenvalue weighted by atomic mass is 16.5. The van der Waals surface area contributed by atoms with Gasteiger partial charge in [-0.15, -0.1) is 0 Å². The zero-order valence-corrected chi connectivity index (χ0v) is 21.2. The molecule has 1 heterocycles. The van der Waals surface area contributed by atoms with Crippen molar-refractivity contribution in [3.63, 3.8) is 0 Å². The third-order valence-electron chi connectivity index (χ3n) is 5.75. The van der Waals surface area contributed by atoms with Crippen molar-refractivity contribution in [3.8, 4) is 11.5 Å². The maximum absolute atomic E-state index is 13.2. The SMILES string of the molecule is CCOc1ccc(N2C(=O)NC(=O)/C(=C\c3ccccc3OCC(=O)Nc3cc(C)ccc3C)C2=O)cc1. The Labute approximate surface area is 220 Å². The van der Waals surface area contributed by atoms with Crippen molar-refractivity contribution < 1.29 is 28.7 Å². The zero-order valence-electron chi connectivity index (χ0n) is 21.2. The summed E-state index contributed by atoms with van der Waals surface area (Å²) in [4.78, 5) is 51.8. The molecule has 2 N–H and O–H groups in total. The molecule has 0 unspecified atom stereocenters. The van der Waals surface area contributed by atoms with Crippen molar-refractivity contribution in [1.29, 1.82) is 0 Å². The topological polar surface area (TPSA) is 114 Å². The number of nitrogens with zero attached hydrogens (tertiary/aromatic N) is 1. The number of nitrogens with one attached hydrogen (secondary N) is 2.